The zero-order chi connectivity index (χ0) is 12.2. The number of phenols is 1. The molecule has 0 spiro atoms. The van der Waals surface area contributed by atoms with Crippen LogP contribution >= 0.6 is 0 Å². The molecule has 0 amide bonds. The van der Waals surface area contributed by atoms with E-state index in [0.29, 0.717) is 12.3 Å². The van der Waals surface area contributed by atoms with E-state index >= 15 is 0 Å². The van der Waals surface area contributed by atoms with Crippen molar-refractivity contribution in [3.05, 3.63) is 29.3 Å². The van der Waals surface area contributed by atoms with Crippen LogP contribution in [0, 0.1) is 12.3 Å². The molecular weight excluding hydrogens is 202 g/mol. The van der Waals surface area contributed by atoms with Crippen LogP contribution in [0.4, 0.5) is 0 Å². The lowest BCUT2D eigenvalue weighted by Crippen LogP contribution is -2.31. The number of benzene rings is 1. The first-order valence-corrected chi connectivity index (χ1v) is 5.55. The van der Waals surface area contributed by atoms with E-state index in [2.05, 4.69) is 5.32 Å². The topological polar surface area (TPSA) is 52.5 Å². The van der Waals surface area contributed by atoms with Crippen molar-refractivity contribution in [2.24, 2.45) is 5.41 Å². The third-order valence-electron chi connectivity index (χ3n) is 2.58. The molecule has 16 heavy (non-hydrogen) atoms. The standard InChI is InChI=1S/C13H21NO2/c1-10-4-5-12(16)11(6-10)7-14-8-13(2,3)9-15/h4-6,14-16H,7-9H2,1-3H3. The highest BCUT2D eigenvalue weighted by atomic mass is 16.3. The molecule has 0 heterocycles. The van der Waals surface area contributed by atoms with Gasteiger partial charge in [-0.2, -0.15) is 0 Å². The lowest BCUT2D eigenvalue weighted by atomic mass is 9.95. The SMILES string of the molecule is Cc1ccc(O)c(CNCC(C)(C)CO)c1. The van der Waals surface area contributed by atoms with Gasteiger partial charge in [0.25, 0.3) is 0 Å². The number of rotatable bonds is 5. The number of hydrogen-bond acceptors (Lipinski definition) is 3. The summed E-state index contributed by atoms with van der Waals surface area (Å²) in [5.41, 5.74) is 1.91. The molecule has 0 bridgehead atoms. The molecule has 0 aromatic heterocycles. The van der Waals surface area contributed by atoms with Crippen molar-refractivity contribution in [3.63, 3.8) is 0 Å². The molecular formula is C13H21NO2. The van der Waals surface area contributed by atoms with Crippen molar-refractivity contribution in [2.75, 3.05) is 13.2 Å². The molecule has 0 unspecified atom stereocenters. The Morgan fingerprint density at radius 2 is 2.00 bits per heavy atom. The Balaban J connectivity index is 2.52. The van der Waals surface area contributed by atoms with Gasteiger partial charge in [-0.1, -0.05) is 31.5 Å². The Labute approximate surface area is 97.1 Å². The molecule has 3 N–H and O–H groups in total. The van der Waals surface area contributed by atoms with Gasteiger partial charge in [-0.15, -0.1) is 0 Å². The fourth-order valence-corrected chi connectivity index (χ4v) is 1.45. The van der Waals surface area contributed by atoms with E-state index in [1.54, 1.807) is 6.07 Å². The van der Waals surface area contributed by atoms with Crippen LogP contribution < -0.4 is 5.32 Å². The van der Waals surface area contributed by atoms with E-state index in [-0.39, 0.29) is 12.0 Å². The van der Waals surface area contributed by atoms with E-state index in [9.17, 15) is 5.11 Å². The van der Waals surface area contributed by atoms with E-state index in [1.165, 1.54) is 0 Å². The van der Waals surface area contributed by atoms with Gasteiger partial charge in [-0.3, -0.25) is 0 Å². The summed E-state index contributed by atoms with van der Waals surface area (Å²) < 4.78 is 0. The van der Waals surface area contributed by atoms with E-state index in [1.807, 2.05) is 32.9 Å². The molecule has 90 valence electrons. The molecule has 1 aromatic rings. The Hall–Kier alpha value is -1.06. The number of nitrogens with one attached hydrogen (secondary N) is 1. The predicted molar refractivity (Wildman–Crippen MR) is 65.4 cm³/mol. The second-order valence-corrected chi connectivity index (χ2v) is 5.06. The largest absolute Gasteiger partial charge is 0.508 e. The Bertz CT molecular complexity index is 348. The fourth-order valence-electron chi connectivity index (χ4n) is 1.45. The van der Waals surface area contributed by atoms with Gasteiger partial charge in [-0.25, -0.2) is 0 Å². The molecule has 3 heteroatoms. The summed E-state index contributed by atoms with van der Waals surface area (Å²) in [4.78, 5) is 0. The minimum absolute atomic E-state index is 0.126. The van der Waals surface area contributed by atoms with Crippen molar-refractivity contribution in [1.29, 1.82) is 0 Å². The van der Waals surface area contributed by atoms with E-state index < -0.39 is 0 Å². The predicted octanol–water partition coefficient (Wildman–Crippen LogP) is 1.81. The lowest BCUT2D eigenvalue weighted by molar-refractivity contribution is 0.156. The number of aliphatic hydroxyl groups is 1. The van der Waals surface area contributed by atoms with Crippen molar-refractivity contribution in [3.8, 4) is 5.75 Å². The van der Waals surface area contributed by atoms with Crippen LogP contribution in [0.15, 0.2) is 18.2 Å². The highest BCUT2D eigenvalue weighted by molar-refractivity contribution is 5.35. The highest BCUT2D eigenvalue weighted by Crippen LogP contribution is 2.18. The minimum Gasteiger partial charge on any atom is -0.508 e. The molecule has 0 fully saturated rings. The lowest BCUT2D eigenvalue weighted by Gasteiger charge is -2.22. The Morgan fingerprint density at radius 1 is 1.31 bits per heavy atom. The molecule has 1 aromatic carbocycles. The zero-order valence-electron chi connectivity index (χ0n) is 10.2. The van der Waals surface area contributed by atoms with Crippen molar-refractivity contribution < 1.29 is 10.2 Å². The van der Waals surface area contributed by atoms with Crippen LogP contribution in [0.5, 0.6) is 5.75 Å². The van der Waals surface area contributed by atoms with Gasteiger partial charge in [0.2, 0.25) is 0 Å². The van der Waals surface area contributed by atoms with Crippen LogP contribution in [-0.2, 0) is 6.54 Å². The van der Waals surface area contributed by atoms with Crippen LogP contribution in [0.2, 0.25) is 0 Å². The fraction of sp³-hybridized carbons (Fsp3) is 0.538. The average molecular weight is 223 g/mol. The molecule has 0 aliphatic heterocycles. The molecule has 0 aliphatic carbocycles. The van der Waals surface area contributed by atoms with Gasteiger partial charge < -0.3 is 15.5 Å². The first kappa shape index (κ1) is 13.0. The molecule has 0 aliphatic rings. The zero-order valence-corrected chi connectivity index (χ0v) is 10.2. The highest BCUT2D eigenvalue weighted by Gasteiger charge is 2.15. The first-order valence-electron chi connectivity index (χ1n) is 5.55. The van der Waals surface area contributed by atoms with Gasteiger partial charge in [0.05, 0.1) is 0 Å². The van der Waals surface area contributed by atoms with Gasteiger partial charge in [-0.05, 0) is 13.0 Å². The molecule has 0 saturated carbocycles. The second kappa shape index (κ2) is 5.32. The summed E-state index contributed by atoms with van der Waals surface area (Å²) in [6, 6.07) is 5.56. The third kappa shape index (κ3) is 3.83. The summed E-state index contributed by atoms with van der Waals surface area (Å²) in [7, 11) is 0. The summed E-state index contributed by atoms with van der Waals surface area (Å²) in [5.74, 6) is 0.319. The van der Waals surface area contributed by atoms with Crippen LogP contribution in [0.1, 0.15) is 25.0 Å². The number of aryl methyl sites for hydroxylation is 1. The number of aliphatic hydroxyl groups excluding tert-OH is 1. The van der Waals surface area contributed by atoms with Crippen molar-refractivity contribution in [1.82, 2.24) is 5.32 Å². The summed E-state index contributed by atoms with van der Waals surface area (Å²) in [6.45, 7) is 7.49. The minimum atomic E-state index is -0.126. The molecule has 3 nitrogen and oxygen atoms in total. The summed E-state index contributed by atoms with van der Waals surface area (Å²) in [6.07, 6.45) is 0. The first-order chi connectivity index (χ1) is 7.44. The van der Waals surface area contributed by atoms with Gasteiger partial charge in [0.1, 0.15) is 5.75 Å². The van der Waals surface area contributed by atoms with E-state index in [4.69, 9.17) is 5.11 Å². The molecule has 0 atom stereocenters. The van der Waals surface area contributed by atoms with Crippen LogP contribution in [-0.4, -0.2) is 23.4 Å². The van der Waals surface area contributed by atoms with Gasteiger partial charge in [0.15, 0.2) is 0 Å². The van der Waals surface area contributed by atoms with Crippen molar-refractivity contribution in [2.45, 2.75) is 27.3 Å². The van der Waals surface area contributed by atoms with Crippen molar-refractivity contribution >= 4 is 0 Å². The van der Waals surface area contributed by atoms with Gasteiger partial charge >= 0.3 is 0 Å². The molecule has 0 radical (unpaired) electrons. The Kier molecular flexibility index (Phi) is 4.33. The molecule has 1 rings (SSSR count). The second-order valence-electron chi connectivity index (χ2n) is 5.06. The normalized spacial score (nSPS) is 11.8. The smallest absolute Gasteiger partial charge is 0.120 e. The summed E-state index contributed by atoms with van der Waals surface area (Å²) >= 11 is 0. The number of phenolic OH excluding ortho intramolecular Hbond substituents is 1. The van der Waals surface area contributed by atoms with Crippen LogP contribution in [0.25, 0.3) is 0 Å². The monoisotopic (exact) mass is 223 g/mol. The maximum atomic E-state index is 9.63. The summed E-state index contributed by atoms with van der Waals surface area (Å²) in [5, 5.41) is 22.0. The van der Waals surface area contributed by atoms with Gasteiger partial charge in [0, 0.05) is 30.7 Å². The van der Waals surface area contributed by atoms with Crippen LogP contribution in [0.3, 0.4) is 0 Å². The van der Waals surface area contributed by atoms with E-state index in [0.717, 1.165) is 17.7 Å². The quantitative estimate of drug-likeness (QED) is 0.713. The number of aromatic hydroxyl groups is 1. The average Bonchev–Trinajstić information content (AvgIpc) is 2.23. The third-order valence-corrected chi connectivity index (χ3v) is 2.58. The molecule has 0 saturated heterocycles. The maximum absolute atomic E-state index is 9.63. The number of hydrogen-bond donors (Lipinski definition) is 3. The maximum Gasteiger partial charge on any atom is 0.120 e. The Morgan fingerprint density at radius 3 is 2.62 bits per heavy atom.